The topological polar surface area (TPSA) is 77.3 Å². The fourth-order valence-corrected chi connectivity index (χ4v) is 6.60. The van der Waals surface area contributed by atoms with Gasteiger partial charge in [0.2, 0.25) is 0 Å². The molecule has 9 aromatic rings. The first kappa shape index (κ1) is 32.5. The zero-order valence-electron chi connectivity index (χ0n) is 29.2. The van der Waals surface area contributed by atoms with Gasteiger partial charge in [-0.25, -0.2) is 15.0 Å². The van der Waals surface area contributed by atoms with Crippen molar-refractivity contribution in [3.8, 4) is 90.2 Å². The van der Waals surface area contributed by atoms with Gasteiger partial charge in [-0.05, 0) is 65.7 Å². The monoisotopic (exact) mass is 692 g/mol. The largest absolute Gasteiger partial charge is 0.256 e. The highest BCUT2D eigenvalue weighted by molar-refractivity contribution is 5.88. The molecule has 0 atom stereocenters. The average Bonchev–Trinajstić information content (AvgIpc) is 3.27. The van der Waals surface area contributed by atoms with E-state index < -0.39 is 0 Å². The van der Waals surface area contributed by atoms with Crippen LogP contribution in [-0.4, -0.2) is 29.9 Å². The van der Waals surface area contributed by atoms with Crippen molar-refractivity contribution in [1.82, 2.24) is 29.9 Å². The first-order chi connectivity index (χ1) is 26.8. The Hall–Kier alpha value is -7.44. The minimum absolute atomic E-state index is 0.780. The van der Waals surface area contributed by atoms with E-state index in [-0.39, 0.29) is 0 Å². The van der Waals surface area contributed by atoms with Crippen LogP contribution in [0.15, 0.2) is 195 Å². The summed E-state index contributed by atoms with van der Waals surface area (Å²) in [7, 11) is 0. The zero-order chi connectivity index (χ0) is 36.1. The van der Waals surface area contributed by atoms with Gasteiger partial charge in [-0.3, -0.25) is 15.0 Å². The maximum Gasteiger partial charge on any atom is 0.0973 e. The third-order valence-corrected chi connectivity index (χ3v) is 9.26. The van der Waals surface area contributed by atoms with E-state index in [0.717, 1.165) is 90.2 Å². The smallest absolute Gasteiger partial charge is 0.0973 e. The van der Waals surface area contributed by atoms with Gasteiger partial charge in [0.05, 0.1) is 51.2 Å². The molecule has 5 heterocycles. The molecule has 0 aliphatic heterocycles. The Morgan fingerprint density at radius 2 is 0.630 bits per heavy atom. The molecule has 0 bridgehead atoms. The molecular formula is C48H32N6. The second kappa shape index (κ2) is 14.7. The molecule has 0 saturated heterocycles. The van der Waals surface area contributed by atoms with Gasteiger partial charge < -0.3 is 0 Å². The molecule has 0 fully saturated rings. The number of hydrogen-bond acceptors (Lipinski definition) is 6. The van der Waals surface area contributed by atoms with Crippen LogP contribution in [0.25, 0.3) is 90.2 Å². The zero-order valence-corrected chi connectivity index (χ0v) is 29.2. The van der Waals surface area contributed by atoms with Crippen LogP contribution in [0.2, 0.25) is 0 Å². The van der Waals surface area contributed by atoms with Crippen LogP contribution < -0.4 is 0 Å². The van der Waals surface area contributed by atoms with Gasteiger partial charge >= 0.3 is 0 Å². The van der Waals surface area contributed by atoms with Crippen LogP contribution in [0.1, 0.15) is 0 Å². The van der Waals surface area contributed by atoms with E-state index >= 15 is 0 Å². The molecule has 54 heavy (non-hydrogen) atoms. The molecular weight excluding hydrogens is 661 g/mol. The van der Waals surface area contributed by atoms with Crippen molar-refractivity contribution < 1.29 is 0 Å². The lowest BCUT2D eigenvalue weighted by molar-refractivity contribution is 1.21. The Kier molecular flexibility index (Phi) is 8.81. The summed E-state index contributed by atoms with van der Waals surface area (Å²) in [5, 5.41) is 0. The van der Waals surface area contributed by atoms with E-state index in [2.05, 4.69) is 99.9 Å². The SMILES string of the molecule is c1ccc(-c2nc(-c3ccc(-c4cc(-c5ccccn5)nc(-c5ccccn5)c4)cc3)c(-c3cccc(-c4ccccn4)c3)nc2-c2ccccc2)cc1. The van der Waals surface area contributed by atoms with Crippen molar-refractivity contribution in [3.05, 3.63) is 195 Å². The Morgan fingerprint density at radius 3 is 1.13 bits per heavy atom. The Morgan fingerprint density at radius 1 is 0.222 bits per heavy atom. The predicted molar refractivity (Wildman–Crippen MR) is 217 cm³/mol. The number of benzene rings is 4. The van der Waals surface area contributed by atoms with Crippen LogP contribution in [0.5, 0.6) is 0 Å². The molecule has 6 heteroatoms. The van der Waals surface area contributed by atoms with Gasteiger partial charge in [-0.1, -0.05) is 121 Å². The number of nitrogens with zero attached hydrogens (tertiary/aromatic N) is 6. The highest BCUT2D eigenvalue weighted by Crippen LogP contribution is 2.39. The van der Waals surface area contributed by atoms with Gasteiger partial charge in [0, 0.05) is 46.4 Å². The number of rotatable bonds is 8. The lowest BCUT2D eigenvalue weighted by Crippen LogP contribution is -2.01. The van der Waals surface area contributed by atoms with Crippen molar-refractivity contribution in [2.75, 3.05) is 0 Å². The Labute approximate surface area is 313 Å². The minimum Gasteiger partial charge on any atom is -0.256 e. The van der Waals surface area contributed by atoms with Gasteiger partial charge in [0.15, 0.2) is 0 Å². The third-order valence-electron chi connectivity index (χ3n) is 9.26. The summed E-state index contributed by atoms with van der Waals surface area (Å²) >= 11 is 0. The lowest BCUT2D eigenvalue weighted by atomic mass is 9.96. The molecule has 9 rings (SSSR count). The van der Waals surface area contributed by atoms with E-state index in [1.165, 1.54) is 0 Å². The molecule has 254 valence electrons. The lowest BCUT2D eigenvalue weighted by Gasteiger charge is -2.17. The van der Waals surface area contributed by atoms with Crippen molar-refractivity contribution in [3.63, 3.8) is 0 Å². The van der Waals surface area contributed by atoms with E-state index in [1.807, 2.05) is 97.2 Å². The summed E-state index contributed by atoms with van der Waals surface area (Å²) < 4.78 is 0. The second-order valence-corrected chi connectivity index (χ2v) is 12.8. The molecule has 0 amide bonds. The van der Waals surface area contributed by atoms with Gasteiger partial charge in [-0.15, -0.1) is 0 Å². The Bertz CT molecular complexity index is 2610. The van der Waals surface area contributed by atoms with Crippen molar-refractivity contribution in [2.24, 2.45) is 0 Å². The van der Waals surface area contributed by atoms with E-state index in [4.69, 9.17) is 15.0 Å². The molecule has 0 N–H and O–H groups in total. The molecule has 0 aliphatic rings. The van der Waals surface area contributed by atoms with Crippen LogP contribution in [0.4, 0.5) is 0 Å². The van der Waals surface area contributed by atoms with E-state index in [0.29, 0.717) is 0 Å². The summed E-state index contributed by atoms with van der Waals surface area (Å²) in [6.45, 7) is 0. The summed E-state index contributed by atoms with van der Waals surface area (Å²) in [6.07, 6.45) is 5.39. The molecule has 6 nitrogen and oxygen atoms in total. The molecule has 0 unspecified atom stereocenters. The van der Waals surface area contributed by atoms with Gasteiger partial charge in [0.1, 0.15) is 0 Å². The van der Waals surface area contributed by atoms with Crippen molar-refractivity contribution in [1.29, 1.82) is 0 Å². The molecule has 5 aromatic heterocycles. The normalized spacial score (nSPS) is 11.0. The summed E-state index contributed by atoms with van der Waals surface area (Å²) in [6, 6.07) is 59.3. The Balaban J connectivity index is 1.22. The van der Waals surface area contributed by atoms with Gasteiger partial charge in [0.25, 0.3) is 0 Å². The molecule has 0 aliphatic carbocycles. The quantitative estimate of drug-likeness (QED) is 0.158. The fraction of sp³-hybridized carbons (Fsp3) is 0. The van der Waals surface area contributed by atoms with Crippen LogP contribution >= 0.6 is 0 Å². The summed E-state index contributed by atoms with van der Waals surface area (Å²) in [4.78, 5) is 29.7. The maximum atomic E-state index is 5.47. The predicted octanol–water partition coefficient (Wildman–Crippen LogP) is 11.4. The van der Waals surface area contributed by atoms with E-state index in [1.54, 1.807) is 12.4 Å². The highest BCUT2D eigenvalue weighted by atomic mass is 14.9. The average molecular weight is 693 g/mol. The minimum atomic E-state index is 0.780. The third kappa shape index (κ3) is 6.67. The summed E-state index contributed by atoms with van der Waals surface area (Å²) in [5.74, 6) is 0. The van der Waals surface area contributed by atoms with Crippen molar-refractivity contribution >= 4 is 0 Å². The van der Waals surface area contributed by atoms with Crippen LogP contribution in [-0.2, 0) is 0 Å². The standard InChI is InChI=1S/C48H32N6/c1-3-14-34(15-4-1)45-46(35-16-5-2-6-17-35)54-48(38-19-13-18-37(30-38)40-20-7-10-27-49-40)47(53-45)36-25-23-33(24-26-36)39-31-43(41-21-8-11-28-50-41)52-44(32-39)42-22-9-12-29-51-42/h1-32H. The first-order valence-corrected chi connectivity index (χ1v) is 17.8. The number of aromatic nitrogens is 6. The second-order valence-electron chi connectivity index (χ2n) is 12.8. The van der Waals surface area contributed by atoms with Gasteiger partial charge in [-0.2, -0.15) is 0 Å². The summed E-state index contributed by atoms with van der Waals surface area (Å²) in [5.41, 5.74) is 14.2. The van der Waals surface area contributed by atoms with E-state index in [9.17, 15) is 0 Å². The molecule has 0 spiro atoms. The molecule has 0 radical (unpaired) electrons. The first-order valence-electron chi connectivity index (χ1n) is 17.8. The maximum absolute atomic E-state index is 5.47. The van der Waals surface area contributed by atoms with Crippen molar-refractivity contribution in [2.45, 2.75) is 0 Å². The molecule has 4 aromatic carbocycles. The molecule has 0 saturated carbocycles. The van der Waals surface area contributed by atoms with Crippen LogP contribution in [0, 0.1) is 0 Å². The number of pyridine rings is 4. The van der Waals surface area contributed by atoms with Crippen LogP contribution in [0.3, 0.4) is 0 Å². The fourth-order valence-electron chi connectivity index (χ4n) is 6.60. The number of hydrogen-bond donors (Lipinski definition) is 0. The highest BCUT2D eigenvalue weighted by Gasteiger charge is 2.20.